The van der Waals surface area contributed by atoms with Gasteiger partial charge in [0.1, 0.15) is 0 Å². The zero-order chi connectivity index (χ0) is 9.73. The normalized spacial score (nSPS) is 23.3. The summed E-state index contributed by atoms with van der Waals surface area (Å²) in [6, 6.07) is 0.640. The second-order valence-corrected chi connectivity index (χ2v) is 4.80. The average molecular weight is 204 g/mol. The maximum atomic E-state index is 6.05. The summed E-state index contributed by atoms with van der Waals surface area (Å²) in [6.07, 6.45) is 6.59. The topological polar surface area (TPSA) is 12.0 Å². The minimum absolute atomic E-state index is 0.422. The Morgan fingerprint density at radius 1 is 1.38 bits per heavy atom. The van der Waals surface area contributed by atoms with E-state index in [4.69, 9.17) is 11.6 Å². The molecule has 1 saturated carbocycles. The molecule has 0 radical (unpaired) electrons. The van der Waals surface area contributed by atoms with Crippen LogP contribution in [0.25, 0.3) is 0 Å². The summed E-state index contributed by atoms with van der Waals surface area (Å²) in [5, 5.41) is 3.58. The Hall–Kier alpha value is 0.250. The third-order valence-corrected chi connectivity index (χ3v) is 3.95. The number of rotatable bonds is 5. The van der Waals surface area contributed by atoms with Crippen molar-refractivity contribution in [2.75, 3.05) is 12.4 Å². The van der Waals surface area contributed by atoms with Crippen molar-refractivity contribution in [3.63, 3.8) is 0 Å². The molecule has 0 saturated heterocycles. The van der Waals surface area contributed by atoms with Crippen LogP contribution in [0.4, 0.5) is 0 Å². The Morgan fingerprint density at radius 3 is 2.46 bits per heavy atom. The Bertz CT molecular complexity index is 141. The maximum Gasteiger partial charge on any atom is 0.0292 e. The fourth-order valence-corrected chi connectivity index (χ4v) is 2.38. The summed E-state index contributed by atoms with van der Waals surface area (Å²) in [5.41, 5.74) is 0.422. The molecule has 0 aromatic carbocycles. The predicted octanol–water partition coefficient (Wildman–Crippen LogP) is 3.17. The Labute approximate surface area is 87.2 Å². The van der Waals surface area contributed by atoms with Crippen LogP contribution in [0.5, 0.6) is 0 Å². The SMILES string of the molecule is CCC(C)NCC1(CCl)CCCC1. The quantitative estimate of drug-likeness (QED) is 0.677. The molecule has 1 N–H and O–H groups in total. The van der Waals surface area contributed by atoms with Crippen LogP contribution in [0.1, 0.15) is 46.0 Å². The molecule has 1 fully saturated rings. The molecule has 1 rings (SSSR count). The van der Waals surface area contributed by atoms with E-state index in [9.17, 15) is 0 Å². The molecule has 78 valence electrons. The lowest BCUT2D eigenvalue weighted by molar-refractivity contribution is 0.304. The van der Waals surface area contributed by atoms with E-state index in [0.717, 1.165) is 12.4 Å². The molecule has 1 unspecified atom stereocenters. The van der Waals surface area contributed by atoms with Gasteiger partial charge < -0.3 is 5.32 Å². The lowest BCUT2D eigenvalue weighted by atomic mass is 9.88. The van der Waals surface area contributed by atoms with Crippen molar-refractivity contribution in [3.8, 4) is 0 Å². The summed E-state index contributed by atoms with van der Waals surface area (Å²) in [5.74, 6) is 0.830. The first-order chi connectivity index (χ1) is 6.22. The van der Waals surface area contributed by atoms with Crippen LogP contribution in [-0.2, 0) is 0 Å². The highest BCUT2D eigenvalue weighted by atomic mass is 35.5. The van der Waals surface area contributed by atoms with Gasteiger partial charge >= 0.3 is 0 Å². The largest absolute Gasteiger partial charge is 0.314 e. The molecule has 13 heavy (non-hydrogen) atoms. The molecule has 0 heterocycles. The van der Waals surface area contributed by atoms with Crippen LogP contribution >= 0.6 is 11.6 Å². The average Bonchev–Trinajstić information content (AvgIpc) is 2.63. The number of alkyl halides is 1. The number of hydrogen-bond donors (Lipinski definition) is 1. The van der Waals surface area contributed by atoms with Gasteiger partial charge in [0.25, 0.3) is 0 Å². The lowest BCUT2D eigenvalue weighted by Gasteiger charge is -2.28. The molecule has 1 nitrogen and oxygen atoms in total. The van der Waals surface area contributed by atoms with Gasteiger partial charge in [-0.25, -0.2) is 0 Å². The van der Waals surface area contributed by atoms with Gasteiger partial charge in [0, 0.05) is 18.5 Å². The van der Waals surface area contributed by atoms with Crippen LogP contribution in [0.15, 0.2) is 0 Å². The highest BCUT2D eigenvalue weighted by molar-refractivity contribution is 6.18. The van der Waals surface area contributed by atoms with Crippen LogP contribution in [0, 0.1) is 5.41 Å². The zero-order valence-electron chi connectivity index (χ0n) is 8.91. The van der Waals surface area contributed by atoms with Crippen molar-refractivity contribution in [2.45, 2.75) is 52.0 Å². The van der Waals surface area contributed by atoms with E-state index in [2.05, 4.69) is 19.2 Å². The summed E-state index contributed by atoms with van der Waals surface area (Å²) in [4.78, 5) is 0. The molecular formula is C11H22ClN. The lowest BCUT2D eigenvalue weighted by Crippen LogP contribution is -2.38. The van der Waals surface area contributed by atoms with E-state index in [-0.39, 0.29) is 0 Å². The first-order valence-electron chi connectivity index (χ1n) is 5.52. The minimum Gasteiger partial charge on any atom is -0.314 e. The highest BCUT2D eigenvalue weighted by Gasteiger charge is 2.32. The third-order valence-electron chi connectivity index (χ3n) is 3.39. The van der Waals surface area contributed by atoms with Gasteiger partial charge in [0.2, 0.25) is 0 Å². The number of hydrogen-bond acceptors (Lipinski definition) is 1. The van der Waals surface area contributed by atoms with E-state index in [1.807, 2.05) is 0 Å². The smallest absolute Gasteiger partial charge is 0.0292 e. The van der Waals surface area contributed by atoms with Gasteiger partial charge in [-0.1, -0.05) is 19.8 Å². The molecule has 0 aliphatic heterocycles. The third kappa shape index (κ3) is 3.14. The summed E-state index contributed by atoms with van der Waals surface area (Å²) >= 11 is 6.05. The van der Waals surface area contributed by atoms with Crippen molar-refractivity contribution < 1.29 is 0 Å². The molecular weight excluding hydrogens is 182 g/mol. The van der Waals surface area contributed by atoms with Gasteiger partial charge in [0.15, 0.2) is 0 Å². The molecule has 0 bridgehead atoms. The van der Waals surface area contributed by atoms with E-state index in [0.29, 0.717) is 11.5 Å². The fourth-order valence-electron chi connectivity index (χ4n) is 2.02. The first kappa shape index (κ1) is 11.3. The van der Waals surface area contributed by atoms with Crippen molar-refractivity contribution in [2.24, 2.45) is 5.41 Å². The van der Waals surface area contributed by atoms with Crippen LogP contribution in [0.2, 0.25) is 0 Å². The van der Waals surface area contributed by atoms with Gasteiger partial charge in [0.05, 0.1) is 0 Å². The highest BCUT2D eigenvalue weighted by Crippen LogP contribution is 2.38. The molecule has 1 aliphatic carbocycles. The molecule has 0 amide bonds. The molecule has 2 heteroatoms. The Morgan fingerprint density at radius 2 is 2.00 bits per heavy atom. The fraction of sp³-hybridized carbons (Fsp3) is 1.00. The van der Waals surface area contributed by atoms with Crippen molar-refractivity contribution in [3.05, 3.63) is 0 Å². The standard InChI is InChI=1S/C11H22ClN/c1-3-10(2)13-9-11(8-12)6-4-5-7-11/h10,13H,3-9H2,1-2H3. The van der Waals surface area contributed by atoms with Crippen molar-refractivity contribution in [1.82, 2.24) is 5.32 Å². The Balaban J connectivity index is 2.31. The molecule has 1 atom stereocenters. The monoisotopic (exact) mass is 203 g/mol. The van der Waals surface area contributed by atoms with Gasteiger partial charge in [-0.2, -0.15) is 0 Å². The van der Waals surface area contributed by atoms with Crippen LogP contribution in [0.3, 0.4) is 0 Å². The van der Waals surface area contributed by atoms with E-state index < -0.39 is 0 Å². The van der Waals surface area contributed by atoms with Gasteiger partial charge in [-0.15, -0.1) is 11.6 Å². The predicted molar refractivity (Wildman–Crippen MR) is 59.4 cm³/mol. The molecule has 0 aromatic rings. The first-order valence-corrected chi connectivity index (χ1v) is 6.05. The van der Waals surface area contributed by atoms with Gasteiger partial charge in [-0.3, -0.25) is 0 Å². The minimum atomic E-state index is 0.422. The van der Waals surface area contributed by atoms with Crippen LogP contribution in [-0.4, -0.2) is 18.5 Å². The van der Waals surface area contributed by atoms with Crippen molar-refractivity contribution in [1.29, 1.82) is 0 Å². The maximum absolute atomic E-state index is 6.05. The molecule has 0 spiro atoms. The second kappa shape index (κ2) is 5.21. The zero-order valence-corrected chi connectivity index (χ0v) is 9.66. The van der Waals surface area contributed by atoms with Crippen molar-refractivity contribution >= 4 is 11.6 Å². The van der Waals surface area contributed by atoms with E-state index in [1.165, 1.54) is 32.1 Å². The summed E-state index contributed by atoms with van der Waals surface area (Å²) < 4.78 is 0. The molecule has 1 aliphatic rings. The second-order valence-electron chi connectivity index (χ2n) is 4.53. The molecule has 0 aromatic heterocycles. The number of halogens is 1. The van der Waals surface area contributed by atoms with Crippen LogP contribution < -0.4 is 5.32 Å². The number of nitrogens with one attached hydrogen (secondary N) is 1. The van der Waals surface area contributed by atoms with E-state index in [1.54, 1.807) is 0 Å². The Kier molecular flexibility index (Phi) is 4.54. The van der Waals surface area contributed by atoms with Gasteiger partial charge in [-0.05, 0) is 31.6 Å². The van der Waals surface area contributed by atoms with E-state index >= 15 is 0 Å². The summed E-state index contributed by atoms with van der Waals surface area (Å²) in [7, 11) is 0. The summed E-state index contributed by atoms with van der Waals surface area (Å²) in [6.45, 7) is 5.59.